The molecule has 0 N–H and O–H groups in total. The van der Waals surface area contributed by atoms with Gasteiger partial charge in [-0.2, -0.15) is 0 Å². The number of quaternary nitrogens is 3. The van der Waals surface area contributed by atoms with Crippen molar-refractivity contribution in [2.75, 3.05) is 94.8 Å². The number of likely N-dealkylation sites (N-methyl/N-ethyl adjacent to an activating group) is 2. The molecule has 0 bridgehead atoms. The number of unbranched alkanes of at least 4 members (excludes halogenated alkanes) is 2. The number of nitrogens with zero attached hydrogens (tertiary/aromatic N) is 4. The van der Waals surface area contributed by atoms with Crippen molar-refractivity contribution < 1.29 is 60.1 Å². The fourth-order valence-electron chi connectivity index (χ4n) is 3.97. The Morgan fingerprint density at radius 1 is 0.649 bits per heavy atom. The van der Waals surface area contributed by atoms with E-state index in [0.717, 1.165) is 51.9 Å². The second-order valence-electron chi connectivity index (χ2n) is 10.9. The van der Waals surface area contributed by atoms with Crippen LogP contribution in [0.2, 0.25) is 0 Å². The van der Waals surface area contributed by atoms with Gasteiger partial charge in [0.2, 0.25) is 0 Å². The van der Waals surface area contributed by atoms with Gasteiger partial charge in [0.25, 0.3) is 0 Å². The molecule has 0 fully saturated rings. The van der Waals surface area contributed by atoms with Crippen LogP contribution in [0.5, 0.6) is 0 Å². The van der Waals surface area contributed by atoms with Crippen molar-refractivity contribution in [3.63, 3.8) is 0 Å². The Morgan fingerprint density at radius 2 is 1.19 bits per heavy atom. The van der Waals surface area contributed by atoms with E-state index in [0.29, 0.717) is 6.61 Å². The molecule has 0 radical (unpaired) electrons. The minimum absolute atomic E-state index is 0. The van der Waals surface area contributed by atoms with Crippen LogP contribution in [0.4, 0.5) is 0 Å². The van der Waals surface area contributed by atoms with Crippen molar-refractivity contribution in [3.05, 3.63) is 29.6 Å². The summed E-state index contributed by atoms with van der Waals surface area (Å²) in [4.78, 5) is 4.65. The van der Waals surface area contributed by atoms with Crippen LogP contribution in [0.1, 0.15) is 58.3 Å². The Bertz CT molecular complexity index is 637. The lowest BCUT2D eigenvalue weighted by Crippen LogP contribution is -3.00. The normalized spacial score (nSPS) is 11.4. The first-order valence-corrected chi connectivity index (χ1v) is 13.4. The molecular weight excluding hydrogens is 531 g/mol. The molecular formula is C28H59Cl3N4O2. The van der Waals surface area contributed by atoms with Gasteiger partial charge in [-0.15, -0.1) is 0 Å². The maximum Gasteiger partial charge on any atom is 0.128 e. The fourth-order valence-corrected chi connectivity index (χ4v) is 3.97. The molecule has 0 aliphatic carbocycles. The molecule has 0 unspecified atom stereocenters. The van der Waals surface area contributed by atoms with Gasteiger partial charge in [0.05, 0.1) is 78.9 Å². The molecule has 37 heavy (non-hydrogen) atoms. The van der Waals surface area contributed by atoms with Crippen LogP contribution in [0.25, 0.3) is 0 Å². The molecule has 0 atom stereocenters. The Kier molecular flexibility index (Phi) is 28.1. The molecule has 1 heterocycles. The largest absolute Gasteiger partial charge is 1.00 e. The van der Waals surface area contributed by atoms with Crippen LogP contribution in [-0.2, 0) is 22.6 Å². The number of methoxy groups -OCH3 is 2. The van der Waals surface area contributed by atoms with Gasteiger partial charge in [-0.05, 0) is 59.1 Å². The average Bonchev–Trinajstić information content (AvgIpc) is 2.82. The predicted molar refractivity (Wildman–Crippen MR) is 146 cm³/mol. The summed E-state index contributed by atoms with van der Waals surface area (Å²) in [6, 6.07) is 6.21. The lowest BCUT2D eigenvalue weighted by atomic mass is 10.2. The summed E-state index contributed by atoms with van der Waals surface area (Å²) < 4.78 is 13.6. The van der Waals surface area contributed by atoms with E-state index in [9.17, 15) is 0 Å². The molecule has 0 aromatic carbocycles. The third-order valence-corrected chi connectivity index (χ3v) is 7.45. The third-order valence-electron chi connectivity index (χ3n) is 7.45. The van der Waals surface area contributed by atoms with E-state index in [2.05, 4.69) is 73.0 Å². The topological polar surface area (TPSA) is 31.4 Å². The van der Waals surface area contributed by atoms with E-state index in [-0.39, 0.29) is 37.2 Å². The lowest BCUT2D eigenvalue weighted by Gasteiger charge is -2.35. The zero-order chi connectivity index (χ0) is 26.1. The van der Waals surface area contributed by atoms with Gasteiger partial charge in [-0.3, -0.25) is 0 Å². The maximum atomic E-state index is 5.12. The number of aromatic nitrogens is 1. The summed E-state index contributed by atoms with van der Waals surface area (Å²) in [7, 11) is 12.8. The number of halogens is 3. The number of ether oxygens (including phenoxy) is 2. The zero-order valence-corrected chi connectivity index (χ0v) is 27.9. The van der Waals surface area contributed by atoms with E-state index >= 15 is 0 Å². The summed E-state index contributed by atoms with van der Waals surface area (Å²) in [5, 5.41) is 0. The molecule has 1 aromatic heterocycles. The summed E-state index contributed by atoms with van der Waals surface area (Å²) >= 11 is 0. The van der Waals surface area contributed by atoms with Gasteiger partial charge >= 0.3 is 0 Å². The Hall–Kier alpha value is -0.180. The highest BCUT2D eigenvalue weighted by molar-refractivity contribution is 5.10. The first-order valence-electron chi connectivity index (χ1n) is 13.4. The van der Waals surface area contributed by atoms with Crippen molar-refractivity contribution in [2.45, 2.75) is 60.1 Å². The van der Waals surface area contributed by atoms with E-state index in [1.165, 1.54) is 51.1 Å². The number of rotatable bonds is 17. The highest BCUT2D eigenvalue weighted by atomic mass is 35.5. The highest BCUT2D eigenvalue weighted by Gasteiger charge is 2.22. The summed E-state index contributed by atoms with van der Waals surface area (Å²) in [6.45, 7) is 20.1. The summed E-state index contributed by atoms with van der Waals surface area (Å²) in [5.74, 6) is 0. The molecule has 6 nitrogen and oxygen atoms in total. The molecule has 0 aliphatic rings. The van der Waals surface area contributed by atoms with E-state index in [1.807, 2.05) is 6.07 Å². The molecule has 0 saturated heterocycles. The molecule has 1 rings (SSSR count). The number of hydrogen-bond donors (Lipinski definition) is 0. The smallest absolute Gasteiger partial charge is 0.128 e. The molecule has 0 amide bonds. The van der Waals surface area contributed by atoms with Crippen molar-refractivity contribution in [2.24, 2.45) is 0 Å². The number of pyridine rings is 1. The zero-order valence-electron chi connectivity index (χ0n) is 25.7. The van der Waals surface area contributed by atoms with Crippen LogP contribution in [0.15, 0.2) is 18.2 Å². The van der Waals surface area contributed by atoms with Gasteiger partial charge in [-0.25, -0.2) is 4.98 Å². The van der Waals surface area contributed by atoms with Crippen LogP contribution >= 0.6 is 0 Å². The van der Waals surface area contributed by atoms with Gasteiger partial charge in [0, 0.05) is 20.8 Å². The fraction of sp³-hybridized carbons (Fsp3) is 0.821. The van der Waals surface area contributed by atoms with Gasteiger partial charge in [0.1, 0.15) is 19.6 Å². The summed E-state index contributed by atoms with van der Waals surface area (Å²) in [5.41, 5.74) is 2.19. The third kappa shape index (κ3) is 20.4. The van der Waals surface area contributed by atoms with Crippen LogP contribution in [0, 0.1) is 0 Å². The molecule has 9 heteroatoms. The first kappa shape index (κ1) is 43.9. The molecule has 0 aliphatic heterocycles. The van der Waals surface area contributed by atoms with Crippen molar-refractivity contribution >= 4 is 0 Å². The van der Waals surface area contributed by atoms with Gasteiger partial charge < -0.3 is 60.1 Å². The Labute approximate surface area is 249 Å². The molecule has 1 aromatic rings. The standard InChI is InChI=1S/C14H25N2O.C14H34N2O.3ClH/c1-5-16(6-2,7-3)11-13-9-8-10-14(15-13)12-17-4;1-7-15(2,3)12-13-16(4,5)11-9-8-10-14-17-6;;;/h8-10H,5-7,11-12H2,1-4H3;7-14H2,1-6H3;3*1H/q+1;+2;;;/p-3. The second-order valence-corrected chi connectivity index (χ2v) is 10.9. The second kappa shape index (κ2) is 23.7. The maximum absolute atomic E-state index is 5.12. The van der Waals surface area contributed by atoms with E-state index in [1.54, 1.807) is 14.2 Å². The molecule has 0 spiro atoms. The Morgan fingerprint density at radius 3 is 1.68 bits per heavy atom. The minimum atomic E-state index is 0. The van der Waals surface area contributed by atoms with Gasteiger partial charge in [-0.1, -0.05) is 6.07 Å². The van der Waals surface area contributed by atoms with Crippen LogP contribution in [-0.4, -0.2) is 113 Å². The van der Waals surface area contributed by atoms with Crippen LogP contribution in [0.3, 0.4) is 0 Å². The first-order chi connectivity index (χ1) is 16.0. The van der Waals surface area contributed by atoms with E-state index in [4.69, 9.17) is 9.47 Å². The molecule has 224 valence electrons. The average molecular weight is 590 g/mol. The van der Waals surface area contributed by atoms with E-state index < -0.39 is 0 Å². The summed E-state index contributed by atoms with van der Waals surface area (Å²) in [6.07, 6.45) is 3.81. The van der Waals surface area contributed by atoms with Crippen LogP contribution < -0.4 is 37.2 Å². The number of hydrogen-bond acceptors (Lipinski definition) is 3. The Balaban J connectivity index is -0.000000272. The SMILES string of the molecule is CC[N+](C)(C)CC[N+](C)(C)CCCCCOC.CC[N+](CC)(CC)Cc1cccc(COC)n1.[Cl-].[Cl-].[Cl-]. The molecule has 0 saturated carbocycles. The lowest BCUT2D eigenvalue weighted by molar-refractivity contribution is -0.945. The van der Waals surface area contributed by atoms with Crippen molar-refractivity contribution in [1.82, 2.24) is 4.98 Å². The monoisotopic (exact) mass is 588 g/mol. The quantitative estimate of drug-likeness (QED) is 0.136. The van der Waals surface area contributed by atoms with Crippen molar-refractivity contribution in [1.29, 1.82) is 0 Å². The van der Waals surface area contributed by atoms with Crippen molar-refractivity contribution in [3.8, 4) is 0 Å². The van der Waals surface area contributed by atoms with Gasteiger partial charge in [0.15, 0.2) is 0 Å². The highest BCUT2D eigenvalue weighted by Crippen LogP contribution is 2.13. The minimum Gasteiger partial charge on any atom is -1.00 e. The predicted octanol–water partition coefficient (Wildman–Crippen LogP) is -4.41.